The second kappa shape index (κ2) is 5.87. The molecule has 0 aromatic heterocycles. The van der Waals surface area contributed by atoms with E-state index in [2.05, 4.69) is 26.0 Å². The van der Waals surface area contributed by atoms with Crippen molar-refractivity contribution in [2.24, 2.45) is 5.92 Å². The predicted molar refractivity (Wildman–Crippen MR) is 74.9 cm³/mol. The lowest BCUT2D eigenvalue weighted by Crippen LogP contribution is -2.50. The van der Waals surface area contributed by atoms with Crippen LogP contribution in [0.3, 0.4) is 0 Å². The third kappa shape index (κ3) is 3.53. The van der Waals surface area contributed by atoms with Gasteiger partial charge in [0, 0.05) is 17.1 Å². The van der Waals surface area contributed by atoms with Gasteiger partial charge < -0.3 is 5.32 Å². The molecule has 2 N–H and O–H groups in total. The Morgan fingerprint density at radius 1 is 1.47 bits per heavy atom. The van der Waals surface area contributed by atoms with Crippen LogP contribution in [0.2, 0.25) is 0 Å². The Morgan fingerprint density at radius 2 is 2.21 bits per heavy atom. The van der Waals surface area contributed by atoms with Gasteiger partial charge >= 0.3 is 0 Å². The normalized spacial score (nSPS) is 24.4. The molecular formula is C12H16BrFN2O2S. The van der Waals surface area contributed by atoms with E-state index in [4.69, 9.17) is 0 Å². The number of piperidine rings is 1. The van der Waals surface area contributed by atoms with Crippen LogP contribution in [0.25, 0.3) is 0 Å². The Balaban J connectivity index is 2.22. The molecule has 0 amide bonds. The van der Waals surface area contributed by atoms with Crippen molar-refractivity contribution in [3.63, 3.8) is 0 Å². The van der Waals surface area contributed by atoms with E-state index in [1.165, 1.54) is 12.1 Å². The zero-order valence-corrected chi connectivity index (χ0v) is 12.9. The summed E-state index contributed by atoms with van der Waals surface area (Å²) >= 11 is 3.11. The van der Waals surface area contributed by atoms with Crippen LogP contribution in [-0.4, -0.2) is 27.5 Å². The molecule has 2 unspecified atom stereocenters. The Labute approximate surface area is 121 Å². The maximum atomic E-state index is 13.7. The standard InChI is InChI=1S/C12H16BrFN2O2S/c1-8-4-5-15-7-11(8)16-19(17,18)12-3-2-9(13)6-10(12)14/h2-3,6,8,11,15-16H,4-5,7H2,1H3. The van der Waals surface area contributed by atoms with E-state index in [1.54, 1.807) is 0 Å². The zero-order valence-electron chi connectivity index (χ0n) is 10.5. The van der Waals surface area contributed by atoms with Gasteiger partial charge in [-0.3, -0.25) is 0 Å². The van der Waals surface area contributed by atoms with E-state index in [1.807, 2.05) is 6.92 Å². The molecule has 7 heteroatoms. The van der Waals surface area contributed by atoms with Gasteiger partial charge in [0.05, 0.1) is 0 Å². The fourth-order valence-electron chi connectivity index (χ4n) is 2.10. The summed E-state index contributed by atoms with van der Waals surface area (Å²) in [7, 11) is -3.83. The summed E-state index contributed by atoms with van der Waals surface area (Å²) in [5, 5.41) is 3.13. The third-order valence-electron chi connectivity index (χ3n) is 3.32. The maximum Gasteiger partial charge on any atom is 0.243 e. The molecule has 0 spiro atoms. The second-order valence-corrected chi connectivity index (χ2v) is 7.37. The molecule has 4 nitrogen and oxygen atoms in total. The summed E-state index contributed by atoms with van der Waals surface area (Å²) < 4.78 is 41.2. The average Bonchev–Trinajstić information content (AvgIpc) is 2.31. The molecule has 0 radical (unpaired) electrons. The molecule has 0 aliphatic carbocycles. The van der Waals surface area contributed by atoms with Crippen molar-refractivity contribution in [1.82, 2.24) is 10.0 Å². The van der Waals surface area contributed by atoms with Crippen molar-refractivity contribution in [1.29, 1.82) is 0 Å². The first kappa shape index (κ1) is 14.9. The van der Waals surface area contributed by atoms with Crippen LogP contribution in [0.1, 0.15) is 13.3 Å². The Bertz CT molecular complexity index is 565. The van der Waals surface area contributed by atoms with Gasteiger partial charge in [0.2, 0.25) is 10.0 Å². The Hall–Kier alpha value is -0.500. The van der Waals surface area contributed by atoms with Gasteiger partial charge in [-0.2, -0.15) is 0 Å². The van der Waals surface area contributed by atoms with Gasteiger partial charge in [0.1, 0.15) is 10.7 Å². The van der Waals surface area contributed by atoms with Crippen LogP contribution in [0.5, 0.6) is 0 Å². The highest BCUT2D eigenvalue weighted by molar-refractivity contribution is 9.10. The lowest BCUT2D eigenvalue weighted by molar-refractivity contribution is 0.327. The van der Waals surface area contributed by atoms with Crippen molar-refractivity contribution < 1.29 is 12.8 Å². The van der Waals surface area contributed by atoms with Crippen LogP contribution >= 0.6 is 15.9 Å². The number of rotatable bonds is 3. The first-order chi connectivity index (χ1) is 8.90. The predicted octanol–water partition coefficient (Wildman–Crippen LogP) is 1.86. The van der Waals surface area contributed by atoms with Crippen LogP contribution in [0.4, 0.5) is 4.39 Å². The van der Waals surface area contributed by atoms with Crippen LogP contribution in [0.15, 0.2) is 27.6 Å². The molecule has 1 aromatic carbocycles. The first-order valence-corrected chi connectivity index (χ1v) is 8.36. The quantitative estimate of drug-likeness (QED) is 0.874. The molecule has 2 atom stereocenters. The van der Waals surface area contributed by atoms with E-state index in [-0.39, 0.29) is 16.9 Å². The minimum atomic E-state index is -3.83. The molecule has 1 aromatic rings. The van der Waals surface area contributed by atoms with Gasteiger partial charge in [-0.15, -0.1) is 0 Å². The molecule has 19 heavy (non-hydrogen) atoms. The molecule has 2 rings (SSSR count). The molecule has 0 saturated carbocycles. The second-order valence-electron chi connectivity index (χ2n) is 4.77. The van der Waals surface area contributed by atoms with Crippen LogP contribution in [0, 0.1) is 11.7 Å². The van der Waals surface area contributed by atoms with E-state index < -0.39 is 15.8 Å². The Morgan fingerprint density at radius 3 is 2.84 bits per heavy atom. The lowest BCUT2D eigenvalue weighted by Gasteiger charge is -2.30. The third-order valence-corrected chi connectivity index (χ3v) is 5.33. The summed E-state index contributed by atoms with van der Waals surface area (Å²) in [5.41, 5.74) is 0. The minimum absolute atomic E-state index is 0.207. The summed E-state index contributed by atoms with van der Waals surface area (Å²) in [6, 6.07) is 3.72. The number of hydrogen-bond donors (Lipinski definition) is 2. The van der Waals surface area contributed by atoms with Crippen molar-refractivity contribution in [3.05, 3.63) is 28.5 Å². The number of sulfonamides is 1. The number of benzene rings is 1. The smallest absolute Gasteiger partial charge is 0.243 e. The van der Waals surface area contributed by atoms with Crippen molar-refractivity contribution in [2.75, 3.05) is 13.1 Å². The molecule has 0 bridgehead atoms. The van der Waals surface area contributed by atoms with Crippen molar-refractivity contribution in [2.45, 2.75) is 24.3 Å². The number of nitrogens with one attached hydrogen (secondary N) is 2. The highest BCUT2D eigenvalue weighted by Crippen LogP contribution is 2.21. The molecule has 1 aliphatic heterocycles. The van der Waals surface area contributed by atoms with Gasteiger partial charge in [0.15, 0.2) is 0 Å². The SMILES string of the molecule is CC1CCNCC1NS(=O)(=O)c1ccc(Br)cc1F. The highest BCUT2D eigenvalue weighted by atomic mass is 79.9. The largest absolute Gasteiger partial charge is 0.315 e. The molecule has 1 heterocycles. The Kier molecular flexibility index (Phi) is 4.60. The summed E-state index contributed by atoms with van der Waals surface area (Å²) in [4.78, 5) is -0.312. The van der Waals surface area contributed by atoms with Crippen molar-refractivity contribution >= 4 is 26.0 Å². The van der Waals surface area contributed by atoms with Crippen LogP contribution < -0.4 is 10.0 Å². The molecule has 1 saturated heterocycles. The molecular weight excluding hydrogens is 335 g/mol. The van der Waals surface area contributed by atoms with Gasteiger partial charge in [0.25, 0.3) is 0 Å². The summed E-state index contributed by atoms with van der Waals surface area (Å²) in [6.07, 6.45) is 0.899. The monoisotopic (exact) mass is 350 g/mol. The molecule has 1 aliphatic rings. The lowest BCUT2D eigenvalue weighted by atomic mass is 9.96. The fourth-order valence-corrected chi connectivity index (χ4v) is 3.84. The van der Waals surface area contributed by atoms with E-state index >= 15 is 0 Å². The molecule has 106 valence electrons. The first-order valence-electron chi connectivity index (χ1n) is 6.08. The number of halogens is 2. The van der Waals surface area contributed by atoms with E-state index in [9.17, 15) is 12.8 Å². The van der Waals surface area contributed by atoms with Gasteiger partial charge in [-0.05, 0) is 37.1 Å². The van der Waals surface area contributed by atoms with Crippen molar-refractivity contribution in [3.8, 4) is 0 Å². The summed E-state index contributed by atoms with van der Waals surface area (Å²) in [5.74, 6) is -0.521. The van der Waals surface area contributed by atoms with Crippen LogP contribution in [-0.2, 0) is 10.0 Å². The average molecular weight is 351 g/mol. The minimum Gasteiger partial charge on any atom is -0.315 e. The van der Waals surface area contributed by atoms with Gasteiger partial charge in [-0.25, -0.2) is 17.5 Å². The number of hydrogen-bond acceptors (Lipinski definition) is 3. The maximum absolute atomic E-state index is 13.7. The fraction of sp³-hybridized carbons (Fsp3) is 0.500. The topological polar surface area (TPSA) is 58.2 Å². The molecule has 1 fully saturated rings. The van der Waals surface area contributed by atoms with E-state index in [0.29, 0.717) is 11.0 Å². The van der Waals surface area contributed by atoms with E-state index in [0.717, 1.165) is 19.0 Å². The zero-order chi connectivity index (χ0) is 14.0. The highest BCUT2D eigenvalue weighted by Gasteiger charge is 2.28. The summed E-state index contributed by atoms with van der Waals surface area (Å²) in [6.45, 7) is 3.44. The van der Waals surface area contributed by atoms with Gasteiger partial charge in [-0.1, -0.05) is 22.9 Å².